The maximum absolute atomic E-state index is 12.4. The number of aliphatic hydroxyl groups is 4. The van der Waals surface area contributed by atoms with Gasteiger partial charge in [-0.05, 0) is 38.5 Å². The van der Waals surface area contributed by atoms with Gasteiger partial charge in [0.15, 0.2) is 0 Å². The van der Waals surface area contributed by atoms with E-state index in [-0.39, 0.29) is 0 Å². The molecule has 256 valence electrons. The van der Waals surface area contributed by atoms with Gasteiger partial charge in [0, 0.05) is 0 Å². The second-order valence-corrected chi connectivity index (χ2v) is 12.9. The topological polar surface area (TPSA) is 110 Å². The Balaban J connectivity index is 3.85. The monoisotopic (exact) mass is 612 g/mol. The summed E-state index contributed by atoms with van der Waals surface area (Å²) < 4.78 is 0. The van der Waals surface area contributed by atoms with E-state index in [1.54, 1.807) is 0 Å². The molecule has 1 amide bonds. The Morgan fingerprint density at radius 3 is 1.40 bits per heavy atom. The largest absolute Gasteiger partial charge is 0.394 e. The summed E-state index contributed by atoms with van der Waals surface area (Å²) in [5.41, 5.74) is 0. The van der Waals surface area contributed by atoms with Gasteiger partial charge in [-0.2, -0.15) is 0 Å². The van der Waals surface area contributed by atoms with Crippen LogP contribution in [0.3, 0.4) is 0 Å². The number of hydrogen-bond acceptors (Lipinski definition) is 5. The number of hydrogen-bond donors (Lipinski definition) is 5. The smallest absolute Gasteiger partial charge is 0.249 e. The highest BCUT2D eigenvalue weighted by Crippen LogP contribution is 2.15. The van der Waals surface area contributed by atoms with Crippen LogP contribution in [0.25, 0.3) is 0 Å². The number of nitrogens with one attached hydrogen (secondary N) is 1. The zero-order valence-corrected chi connectivity index (χ0v) is 28.5. The number of amides is 1. The molecule has 0 spiro atoms. The molecule has 0 aromatic heterocycles. The molecule has 6 heteroatoms. The molecule has 0 heterocycles. The van der Waals surface area contributed by atoms with Crippen LogP contribution in [0.4, 0.5) is 0 Å². The summed E-state index contributed by atoms with van der Waals surface area (Å²) in [6.07, 6.45) is 32.3. The maximum atomic E-state index is 12.4. The number of allylic oxidation sites excluding steroid dienone is 2. The first-order valence-electron chi connectivity index (χ1n) is 18.6. The van der Waals surface area contributed by atoms with E-state index in [0.717, 1.165) is 38.5 Å². The molecule has 43 heavy (non-hydrogen) atoms. The minimum Gasteiger partial charge on any atom is -0.394 e. The van der Waals surface area contributed by atoms with Crippen molar-refractivity contribution in [2.45, 2.75) is 212 Å². The van der Waals surface area contributed by atoms with Crippen LogP contribution in [-0.2, 0) is 4.79 Å². The van der Waals surface area contributed by atoms with E-state index in [2.05, 4.69) is 31.3 Å². The van der Waals surface area contributed by atoms with Crippen LogP contribution in [0.1, 0.15) is 187 Å². The zero-order chi connectivity index (χ0) is 31.8. The first-order valence-corrected chi connectivity index (χ1v) is 18.6. The summed E-state index contributed by atoms with van der Waals surface area (Å²) in [5, 5.41) is 43.4. The molecule has 0 saturated carbocycles. The molecule has 0 aliphatic heterocycles. The van der Waals surface area contributed by atoms with Crippen molar-refractivity contribution in [2.75, 3.05) is 6.61 Å². The van der Waals surface area contributed by atoms with Gasteiger partial charge >= 0.3 is 0 Å². The number of aliphatic hydroxyl groups excluding tert-OH is 4. The molecule has 0 aliphatic rings. The van der Waals surface area contributed by atoms with Crippen molar-refractivity contribution in [3.8, 4) is 0 Å². The molecule has 0 bridgehead atoms. The summed E-state index contributed by atoms with van der Waals surface area (Å²) in [7, 11) is 0. The van der Waals surface area contributed by atoms with E-state index < -0.39 is 36.9 Å². The third kappa shape index (κ3) is 27.1. The highest BCUT2D eigenvalue weighted by atomic mass is 16.3. The molecular formula is C37H73NO5. The van der Waals surface area contributed by atoms with Gasteiger partial charge in [0.05, 0.1) is 18.8 Å². The number of rotatable bonds is 33. The normalized spacial score (nSPS) is 14.7. The summed E-state index contributed by atoms with van der Waals surface area (Å²) >= 11 is 0. The maximum Gasteiger partial charge on any atom is 0.249 e. The highest BCUT2D eigenvalue weighted by molar-refractivity contribution is 5.80. The van der Waals surface area contributed by atoms with Crippen molar-refractivity contribution < 1.29 is 25.2 Å². The van der Waals surface area contributed by atoms with Crippen LogP contribution in [0, 0.1) is 0 Å². The zero-order valence-electron chi connectivity index (χ0n) is 28.5. The second kappa shape index (κ2) is 32.4. The molecule has 5 N–H and O–H groups in total. The first-order chi connectivity index (χ1) is 21.0. The molecule has 6 nitrogen and oxygen atoms in total. The third-order valence-electron chi connectivity index (χ3n) is 8.73. The Hall–Kier alpha value is -0.950. The van der Waals surface area contributed by atoms with Crippen LogP contribution < -0.4 is 5.32 Å². The Morgan fingerprint density at radius 1 is 0.558 bits per heavy atom. The Kier molecular flexibility index (Phi) is 31.7. The minimum absolute atomic E-state index is 0.367. The fourth-order valence-electron chi connectivity index (χ4n) is 5.70. The molecular weight excluding hydrogens is 538 g/mol. The van der Waals surface area contributed by atoms with Crippen molar-refractivity contribution in [1.29, 1.82) is 0 Å². The van der Waals surface area contributed by atoms with Crippen LogP contribution in [0.2, 0.25) is 0 Å². The van der Waals surface area contributed by atoms with Crippen LogP contribution in [0.5, 0.6) is 0 Å². The van der Waals surface area contributed by atoms with Crippen LogP contribution >= 0.6 is 0 Å². The van der Waals surface area contributed by atoms with E-state index in [1.165, 1.54) is 122 Å². The predicted molar refractivity (Wildman–Crippen MR) is 182 cm³/mol. The molecule has 0 aromatic carbocycles. The lowest BCUT2D eigenvalue weighted by Gasteiger charge is -2.27. The van der Waals surface area contributed by atoms with Crippen molar-refractivity contribution in [3.63, 3.8) is 0 Å². The molecule has 0 aliphatic carbocycles. The lowest BCUT2D eigenvalue weighted by Crippen LogP contribution is -2.53. The van der Waals surface area contributed by atoms with E-state index in [0.29, 0.717) is 12.8 Å². The molecule has 4 atom stereocenters. The Labute approximate surface area is 266 Å². The van der Waals surface area contributed by atoms with E-state index in [9.17, 15) is 25.2 Å². The molecule has 0 radical (unpaired) electrons. The van der Waals surface area contributed by atoms with Crippen LogP contribution in [0.15, 0.2) is 12.2 Å². The predicted octanol–water partition coefficient (Wildman–Crippen LogP) is 8.67. The standard InChI is InChI=1S/C37H73NO5/c1-3-5-7-9-11-13-15-17-19-21-23-25-27-29-31-35(41)37(43)38-33(32-39)36(42)34(40)30-28-26-24-22-20-18-16-14-12-10-8-6-4-2/h22,24,33-36,39-42H,3-21,23,25-32H2,1-2H3,(H,38,43)/b24-22+. The number of carbonyl (C=O) groups is 1. The first kappa shape index (κ1) is 42.0. The van der Waals surface area contributed by atoms with E-state index in [4.69, 9.17) is 0 Å². The molecule has 0 saturated heterocycles. The van der Waals surface area contributed by atoms with Crippen molar-refractivity contribution >= 4 is 5.91 Å². The molecule has 0 aromatic rings. The van der Waals surface area contributed by atoms with E-state index in [1.807, 2.05) is 0 Å². The lowest BCUT2D eigenvalue weighted by atomic mass is 10.00. The number of unbranched alkanes of at least 4 members (excludes halogenated alkanes) is 22. The van der Waals surface area contributed by atoms with Gasteiger partial charge in [-0.3, -0.25) is 4.79 Å². The van der Waals surface area contributed by atoms with Crippen molar-refractivity contribution in [3.05, 3.63) is 12.2 Å². The van der Waals surface area contributed by atoms with Crippen LogP contribution in [-0.4, -0.2) is 57.3 Å². The van der Waals surface area contributed by atoms with Gasteiger partial charge in [0.1, 0.15) is 12.2 Å². The van der Waals surface area contributed by atoms with Gasteiger partial charge < -0.3 is 25.7 Å². The average molecular weight is 612 g/mol. The third-order valence-corrected chi connectivity index (χ3v) is 8.73. The second-order valence-electron chi connectivity index (χ2n) is 12.9. The van der Waals surface area contributed by atoms with Gasteiger partial charge in [0.25, 0.3) is 0 Å². The van der Waals surface area contributed by atoms with E-state index >= 15 is 0 Å². The fraction of sp³-hybridized carbons (Fsp3) is 0.919. The molecule has 0 fully saturated rings. The fourth-order valence-corrected chi connectivity index (χ4v) is 5.70. The SMILES string of the molecule is CCCCCCCCCC/C=C/CCCC(O)C(O)C(CO)NC(=O)C(O)CCCCCCCCCCCCCCCC. The summed E-state index contributed by atoms with van der Waals surface area (Å²) in [6, 6.07) is -0.994. The molecule has 0 rings (SSSR count). The Morgan fingerprint density at radius 2 is 0.953 bits per heavy atom. The lowest BCUT2D eigenvalue weighted by molar-refractivity contribution is -0.132. The van der Waals surface area contributed by atoms with Crippen molar-refractivity contribution in [1.82, 2.24) is 5.32 Å². The summed E-state index contributed by atoms with van der Waals surface area (Å²) in [5.74, 6) is -0.594. The van der Waals surface area contributed by atoms with Gasteiger partial charge in [0.2, 0.25) is 5.91 Å². The van der Waals surface area contributed by atoms with Gasteiger partial charge in [-0.15, -0.1) is 0 Å². The highest BCUT2D eigenvalue weighted by Gasteiger charge is 2.28. The quantitative estimate of drug-likeness (QED) is 0.0377. The summed E-state index contributed by atoms with van der Waals surface area (Å²) in [4.78, 5) is 12.4. The minimum atomic E-state index is -1.27. The average Bonchev–Trinajstić information content (AvgIpc) is 3.01. The van der Waals surface area contributed by atoms with Crippen molar-refractivity contribution in [2.24, 2.45) is 0 Å². The Bertz CT molecular complexity index is 614. The summed E-state index contributed by atoms with van der Waals surface area (Å²) in [6.45, 7) is 4.01. The number of carbonyl (C=O) groups excluding carboxylic acids is 1. The van der Waals surface area contributed by atoms with Gasteiger partial charge in [-0.25, -0.2) is 0 Å². The van der Waals surface area contributed by atoms with Gasteiger partial charge in [-0.1, -0.05) is 161 Å². The molecule has 4 unspecified atom stereocenters.